The van der Waals surface area contributed by atoms with E-state index < -0.39 is 41.5 Å². The Balaban J connectivity index is 1.26. The molecule has 2 aliphatic rings. The van der Waals surface area contributed by atoms with E-state index in [1.165, 1.54) is 0 Å². The first-order valence-electron chi connectivity index (χ1n) is 11.1. The highest BCUT2D eigenvalue weighted by molar-refractivity contribution is 5.95. The average Bonchev–Trinajstić information content (AvgIpc) is 3.73. The molecule has 0 saturated heterocycles. The first-order valence-corrected chi connectivity index (χ1v) is 11.1. The fraction of sp³-hybridized carbons (Fsp3) is 0.375. The lowest BCUT2D eigenvalue weighted by atomic mass is 10.1. The molecule has 0 spiro atoms. The molecule has 180 valence electrons. The zero-order chi connectivity index (χ0) is 24.2. The van der Waals surface area contributed by atoms with Gasteiger partial charge in [-0.15, -0.1) is 0 Å². The van der Waals surface area contributed by atoms with Gasteiger partial charge in [0, 0.05) is 24.2 Å². The van der Waals surface area contributed by atoms with E-state index in [2.05, 4.69) is 16.0 Å². The summed E-state index contributed by atoms with van der Waals surface area (Å²) in [6, 6.07) is 9.40. The van der Waals surface area contributed by atoms with E-state index in [1.807, 2.05) is 17.0 Å². The van der Waals surface area contributed by atoms with E-state index in [0.717, 1.165) is 37.3 Å². The topological polar surface area (TPSA) is 90.5 Å². The smallest absolute Gasteiger partial charge is 0.251 e. The van der Waals surface area contributed by atoms with Crippen LogP contribution in [-0.2, 0) is 16.1 Å². The molecule has 3 amide bonds. The standard InChI is InChI=1S/C24H25F3N4O3/c25-18-9-10-19(23(27)22(18)26)30-20(32)11-28-21(33)13-31(17-7-8-17)12-14-1-3-15(4-2-14)24(34)29-16-5-6-16/h1-4,9-10,16-17H,5-8,11-13H2,(H,28,33)(H,29,34)(H,30,32). The number of carbonyl (C=O) groups excluding carboxylic acids is 3. The first-order chi connectivity index (χ1) is 16.3. The Morgan fingerprint density at radius 1 is 0.882 bits per heavy atom. The maximum absolute atomic E-state index is 13.7. The van der Waals surface area contributed by atoms with Gasteiger partial charge in [-0.1, -0.05) is 12.1 Å². The molecule has 0 bridgehead atoms. The number of hydrogen-bond donors (Lipinski definition) is 3. The van der Waals surface area contributed by atoms with Gasteiger partial charge in [0.1, 0.15) is 0 Å². The summed E-state index contributed by atoms with van der Waals surface area (Å²) < 4.78 is 39.9. The van der Waals surface area contributed by atoms with Gasteiger partial charge in [0.2, 0.25) is 11.8 Å². The molecular formula is C24H25F3N4O3. The number of nitrogens with one attached hydrogen (secondary N) is 3. The van der Waals surface area contributed by atoms with Crippen LogP contribution in [0, 0.1) is 17.5 Å². The predicted molar refractivity (Wildman–Crippen MR) is 118 cm³/mol. The van der Waals surface area contributed by atoms with E-state index in [1.54, 1.807) is 12.1 Å². The van der Waals surface area contributed by atoms with Crippen LogP contribution < -0.4 is 16.0 Å². The molecule has 10 heteroatoms. The van der Waals surface area contributed by atoms with Gasteiger partial charge in [-0.25, -0.2) is 13.2 Å². The van der Waals surface area contributed by atoms with E-state index in [-0.39, 0.29) is 24.5 Å². The zero-order valence-corrected chi connectivity index (χ0v) is 18.4. The largest absolute Gasteiger partial charge is 0.349 e. The Bertz CT molecular complexity index is 1090. The van der Waals surface area contributed by atoms with Crippen LogP contribution in [0.1, 0.15) is 41.6 Å². The van der Waals surface area contributed by atoms with Gasteiger partial charge < -0.3 is 16.0 Å². The average molecular weight is 474 g/mol. The highest BCUT2D eigenvalue weighted by Crippen LogP contribution is 2.28. The van der Waals surface area contributed by atoms with Crippen LogP contribution in [0.25, 0.3) is 0 Å². The summed E-state index contributed by atoms with van der Waals surface area (Å²) in [6.45, 7) is 0.122. The minimum atomic E-state index is -1.68. The maximum Gasteiger partial charge on any atom is 0.251 e. The third-order valence-electron chi connectivity index (χ3n) is 5.68. The highest BCUT2D eigenvalue weighted by atomic mass is 19.2. The summed E-state index contributed by atoms with van der Waals surface area (Å²) in [7, 11) is 0. The lowest BCUT2D eigenvalue weighted by Crippen LogP contribution is -2.41. The molecule has 2 aliphatic carbocycles. The highest BCUT2D eigenvalue weighted by Gasteiger charge is 2.30. The molecule has 4 rings (SSSR count). The molecule has 2 saturated carbocycles. The molecular weight excluding hydrogens is 449 g/mol. The van der Waals surface area contributed by atoms with Crippen molar-refractivity contribution in [1.82, 2.24) is 15.5 Å². The van der Waals surface area contributed by atoms with Crippen LogP contribution in [0.2, 0.25) is 0 Å². The van der Waals surface area contributed by atoms with E-state index in [0.29, 0.717) is 18.2 Å². The quantitative estimate of drug-likeness (QED) is 0.462. The van der Waals surface area contributed by atoms with Crippen LogP contribution in [-0.4, -0.2) is 47.8 Å². The van der Waals surface area contributed by atoms with Gasteiger partial charge in [0.15, 0.2) is 17.5 Å². The van der Waals surface area contributed by atoms with Crippen LogP contribution in [0.15, 0.2) is 36.4 Å². The Morgan fingerprint density at radius 2 is 1.59 bits per heavy atom. The molecule has 0 heterocycles. The lowest BCUT2D eigenvalue weighted by Gasteiger charge is -2.21. The summed E-state index contributed by atoms with van der Waals surface area (Å²) in [5.41, 5.74) is 1.04. The molecule has 0 aromatic heterocycles. The van der Waals surface area contributed by atoms with Crippen LogP contribution in [0.3, 0.4) is 0 Å². The van der Waals surface area contributed by atoms with Crippen molar-refractivity contribution in [3.63, 3.8) is 0 Å². The number of rotatable bonds is 10. The van der Waals surface area contributed by atoms with Gasteiger partial charge in [-0.05, 0) is 55.5 Å². The van der Waals surface area contributed by atoms with Crippen molar-refractivity contribution >= 4 is 23.4 Å². The molecule has 2 fully saturated rings. The summed E-state index contributed by atoms with van der Waals surface area (Å²) in [6.07, 6.45) is 3.97. The Labute approximate surface area is 194 Å². The first kappa shape index (κ1) is 23.7. The molecule has 3 N–H and O–H groups in total. The van der Waals surface area contributed by atoms with Gasteiger partial charge >= 0.3 is 0 Å². The van der Waals surface area contributed by atoms with Gasteiger partial charge in [0.25, 0.3) is 5.91 Å². The number of carbonyl (C=O) groups is 3. The summed E-state index contributed by atoms with van der Waals surface area (Å²) in [5.74, 6) is -5.80. The van der Waals surface area contributed by atoms with Crippen molar-refractivity contribution in [3.05, 3.63) is 65.0 Å². The molecule has 0 radical (unpaired) electrons. The van der Waals surface area contributed by atoms with Gasteiger partial charge in [-0.3, -0.25) is 19.3 Å². The predicted octanol–water partition coefficient (Wildman–Crippen LogP) is 2.72. The summed E-state index contributed by atoms with van der Waals surface area (Å²) in [4.78, 5) is 38.5. The minimum absolute atomic E-state index is 0.0569. The molecule has 0 unspecified atom stereocenters. The second-order valence-corrected chi connectivity index (χ2v) is 8.63. The number of amides is 3. The number of anilines is 1. The van der Waals surface area contributed by atoms with Crippen molar-refractivity contribution in [2.24, 2.45) is 0 Å². The molecule has 34 heavy (non-hydrogen) atoms. The summed E-state index contributed by atoms with van der Waals surface area (Å²) in [5, 5.41) is 7.51. The minimum Gasteiger partial charge on any atom is -0.349 e. The van der Waals surface area contributed by atoms with Crippen LogP contribution in [0.5, 0.6) is 0 Å². The van der Waals surface area contributed by atoms with Crippen molar-refractivity contribution < 1.29 is 27.6 Å². The Hall–Kier alpha value is -3.40. The maximum atomic E-state index is 13.7. The fourth-order valence-corrected chi connectivity index (χ4v) is 3.48. The number of hydrogen-bond acceptors (Lipinski definition) is 4. The molecule has 0 aliphatic heterocycles. The second-order valence-electron chi connectivity index (χ2n) is 8.63. The van der Waals surface area contributed by atoms with E-state index in [9.17, 15) is 27.6 Å². The number of nitrogens with zero attached hydrogens (tertiary/aromatic N) is 1. The monoisotopic (exact) mass is 474 g/mol. The van der Waals surface area contributed by atoms with Gasteiger partial charge in [-0.2, -0.15) is 0 Å². The SMILES string of the molecule is O=C(CN(Cc1ccc(C(=O)NC2CC2)cc1)C1CC1)NCC(=O)Nc1ccc(F)c(F)c1F. The van der Waals surface area contributed by atoms with Crippen LogP contribution in [0.4, 0.5) is 18.9 Å². The Morgan fingerprint density at radius 3 is 2.24 bits per heavy atom. The van der Waals surface area contributed by atoms with E-state index in [4.69, 9.17) is 0 Å². The second kappa shape index (κ2) is 10.3. The number of halogens is 3. The molecule has 2 aromatic rings. The van der Waals surface area contributed by atoms with Crippen molar-refractivity contribution in [1.29, 1.82) is 0 Å². The van der Waals surface area contributed by atoms with E-state index >= 15 is 0 Å². The lowest BCUT2D eigenvalue weighted by molar-refractivity contribution is -0.125. The number of benzene rings is 2. The third kappa shape index (κ3) is 6.34. The fourth-order valence-electron chi connectivity index (χ4n) is 3.48. The van der Waals surface area contributed by atoms with Crippen molar-refractivity contribution in [2.45, 2.75) is 44.3 Å². The molecule has 7 nitrogen and oxygen atoms in total. The normalized spacial score (nSPS) is 15.2. The molecule has 0 atom stereocenters. The van der Waals surface area contributed by atoms with Gasteiger partial charge in [0.05, 0.1) is 18.8 Å². The zero-order valence-electron chi connectivity index (χ0n) is 18.4. The molecule has 2 aromatic carbocycles. The summed E-state index contributed by atoms with van der Waals surface area (Å²) >= 11 is 0. The Kier molecular flexibility index (Phi) is 7.16. The van der Waals surface area contributed by atoms with Crippen molar-refractivity contribution in [2.75, 3.05) is 18.4 Å². The van der Waals surface area contributed by atoms with Crippen molar-refractivity contribution in [3.8, 4) is 0 Å². The third-order valence-corrected chi connectivity index (χ3v) is 5.68. The van der Waals surface area contributed by atoms with Crippen LogP contribution >= 0.6 is 0 Å².